The molecule has 162 valence electrons. The van der Waals surface area contributed by atoms with Gasteiger partial charge in [0, 0.05) is 16.4 Å². The van der Waals surface area contributed by atoms with E-state index in [-0.39, 0.29) is 21.1 Å². The zero-order valence-electron chi connectivity index (χ0n) is 16.7. The number of halogens is 3. The van der Waals surface area contributed by atoms with Gasteiger partial charge < -0.3 is 4.74 Å². The molecule has 29 heavy (non-hydrogen) atoms. The van der Waals surface area contributed by atoms with E-state index in [2.05, 4.69) is 13.8 Å². The Morgan fingerprint density at radius 1 is 1.34 bits per heavy atom. The van der Waals surface area contributed by atoms with Crippen molar-refractivity contribution in [2.24, 2.45) is 17.3 Å². The second kappa shape index (κ2) is 7.89. The van der Waals surface area contributed by atoms with Crippen LogP contribution in [0.25, 0.3) is 0 Å². The Kier molecular flexibility index (Phi) is 6.16. The lowest BCUT2D eigenvalue weighted by atomic mass is 9.59. The van der Waals surface area contributed by atoms with Crippen LogP contribution in [0.2, 0.25) is 5.02 Å². The van der Waals surface area contributed by atoms with Gasteiger partial charge in [-0.15, -0.1) is 11.6 Å². The molecule has 2 aliphatic carbocycles. The third-order valence-electron chi connectivity index (χ3n) is 5.75. The molecular formula is C20H26Cl2FNO4S. The Balaban J connectivity index is 1.73. The molecule has 1 N–H and O–H groups in total. The minimum Gasteiger partial charge on any atom is -0.491 e. The lowest BCUT2D eigenvalue weighted by molar-refractivity contribution is 0.0266. The third-order valence-corrected chi connectivity index (χ3v) is 7.04. The van der Waals surface area contributed by atoms with Gasteiger partial charge in [0.15, 0.2) is 0 Å². The second-order valence-electron chi connectivity index (χ2n) is 9.21. The fourth-order valence-corrected chi connectivity index (χ4v) is 6.66. The van der Waals surface area contributed by atoms with Gasteiger partial charge in [0.05, 0.1) is 23.4 Å². The highest BCUT2D eigenvalue weighted by Crippen LogP contribution is 2.55. The molecule has 5 nitrogen and oxygen atoms in total. The Morgan fingerprint density at radius 3 is 2.66 bits per heavy atom. The van der Waals surface area contributed by atoms with Crippen molar-refractivity contribution >= 4 is 39.1 Å². The average molecular weight is 466 g/mol. The van der Waals surface area contributed by atoms with Crippen LogP contribution in [0.15, 0.2) is 12.1 Å². The van der Waals surface area contributed by atoms with Gasteiger partial charge in [-0.25, -0.2) is 17.5 Å². The molecule has 2 bridgehead atoms. The van der Waals surface area contributed by atoms with Crippen LogP contribution in [0.5, 0.6) is 5.75 Å². The Hall–Kier alpha value is -1.05. The summed E-state index contributed by atoms with van der Waals surface area (Å²) in [4.78, 5) is 11.7. The predicted molar refractivity (Wildman–Crippen MR) is 112 cm³/mol. The molecule has 2 fully saturated rings. The van der Waals surface area contributed by atoms with E-state index >= 15 is 0 Å². The van der Waals surface area contributed by atoms with Crippen LogP contribution < -0.4 is 9.46 Å². The molecule has 0 aromatic heterocycles. The van der Waals surface area contributed by atoms with E-state index in [1.54, 1.807) is 4.72 Å². The molecule has 0 spiro atoms. The van der Waals surface area contributed by atoms with Crippen molar-refractivity contribution in [1.82, 2.24) is 4.72 Å². The number of alkyl halides is 1. The van der Waals surface area contributed by atoms with Crippen molar-refractivity contribution in [2.75, 3.05) is 12.9 Å². The first-order valence-electron chi connectivity index (χ1n) is 9.60. The molecule has 4 unspecified atom stereocenters. The van der Waals surface area contributed by atoms with E-state index in [0.717, 1.165) is 50.5 Å². The van der Waals surface area contributed by atoms with Gasteiger partial charge in [-0.05, 0) is 50.0 Å². The molecule has 0 heterocycles. The summed E-state index contributed by atoms with van der Waals surface area (Å²) in [6.45, 7) is 4.71. The smallest absolute Gasteiger partial charge is 0.267 e. The molecule has 0 radical (unpaired) electrons. The molecule has 1 aromatic rings. The number of sulfonamides is 1. The van der Waals surface area contributed by atoms with Gasteiger partial charge in [0.2, 0.25) is 10.0 Å². The quantitative estimate of drug-likeness (QED) is 0.636. The number of benzene rings is 1. The van der Waals surface area contributed by atoms with Crippen LogP contribution in [-0.2, 0) is 10.0 Å². The van der Waals surface area contributed by atoms with Crippen LogP contribution >= 0.6 is 23.2 Å². The summed E-state index contributed by atoms with van der Waals surface area (Å²) in [6, 6.07) is 2.10. The minimum atomic E-state index is -3.81. The fourth-order valence-electron chi connectivity index (χ4n) is 5.19. The van der Waals surface area contributed by atoms with Gasteiger partial charge in [-0.2, -0.15) is 0 Å². The van der Waals surface area contributed by atoms with E-state index in [0.29, 0.717) is 18.4 Å². The average Bonchev–Trinajstić information content (AvgIpc) is 2.51. The Labute approximate surface area is 181 Å². The maximum absolute atomic E-state index is 14.4. The maximum Gasteiger partial charge on any atom is 0.267 e. The third kappa shape index (κ3) is 5.56. The van der Waals surface area contributed by atoms with Gasteiger partial charge in [0.25, 0.3) is 5.91 Å². The number of ether oxygens (including phenoxy) is 1. The monoisotopic (exact) mass is 465 g/mol. The first kappa shape index (κ1) is 22.6. The molecule has 4 atom stereocenters. The number of carbonyl (C=O) groups is 1. The summed E-state index contributed by atoms with van der Waals surface area (Å²) < 4.78 is 44.4. The summed E-state index contributed by atoms with van der Waals surface area (Å²) in [5.41, 5.74) is -0.614. The lowest BCUT2D eigenvalue weighted by Crippen LogP contribution is -2.47. The molecule has 9 heteroatoms. The molecule has 0 aliphatic heterocycles. The van der Waals surface area contributed by atoms with Crippen molar-refractivity contribution in [2.45, 2.75) is 50.8 Å². The SMILES string of the molecule is CC1CC2CC(C)(COc3cc(F)c(C(=O)NS(C)(=O)=O)cc3Cl)CC(Cl)(C1)C2. The molecule has 0 saturated heterocycles. The second-order valence-corrected chi connectivity index (χ2v) is 12.2. The van der Waals surface area contributed by atoms with Gasteiger partial charge in [0.1, 0.15) is 11.6 Å². The number of rotatable bonds is 5. The largest absolute Gasteiger partial charge is 0.491 e. The lowest BCUT2D eigenvalue weighted by Gasteiger charge is -2.51. The van der Waals surface area contributed by atoms with E-state index < -0.39 is 27.3 Å². The highest BCUT2D eigenvalue weighted by atomic mass is 35.5. The summed E-state index contributed by atoms with van der Waals surface area (Å²) in [6.07, 6.45) is 5.78. The van der Waals surface area contributed by atoms with Crippen LogP contribution in [0.1, 0.15) is 56.3 Å². The fraction of sp³-hybridized carbons (Fsp3) is 0.650. The Morgan fingerprint density at radius 2 is 2.03 bits per heavy atom. The molecule has 3 rings (SSSR count). The zero-order chi connectivity index (χ0) is 21.6. The van der Waals surface area contributed by atoms with E-state index in [4.69, 9.17) is 27.9 Å². The maximum atomic E-state index is 14.4. The number of hydrogen-bond acceptors (Lipinski definition) is 4. The van der Waals surface area contributed by atoms with Crippen molar-refractivity contribution in [3.8, 4) is 5.75 Å². The van der Waals surface area contributed by atoms with Crippen LogP contribution in [0, 0.1) is 23.1 Å². The van der Waals surface area contributed by atoms with Gasteiger partial charge in [-0.3, -0.25) is 4.79 Å². The molecule has 2 saturated carbocycles. The first-order chi connectivity index (χ1) is 13.3. The highest BCUT2D eigenvalue weighted by molar-refractivity contribution is 7.89. The molecule has 1 amide bonds. The van der Waals surface area contributed by atoms with Crippen molar-refractivity contribution < 1.29 is 22.3 Å². The van der Waals surface area contributed by atoms with E-state index in [1.165, 1.54) is 0 Å². The summed E-state index contributed by atoms with van der Waals surface area (Å²) >= 11 is 13.1. The number of fused-ring (bicyclic) bond motifs is 2. The molecule has 1 aromatic carbocycles. The number of amides is 1. The number of carbonyl (C=O) groups excluding carboxylic acids is 1. The predicted octanol–water partition coefficient (Wildman–Crippen LogP) is 4.76. The van der Waals surface area contributed by atoms with Crippen LogP contribution in [0.4, 0.5) is 4.39 Å². The van der Waals surface area contributed by atoms with Gasteiger partial charge in [-0.1, -0.05) is 25.4 Å². The van der Waals surface area contributed by atoms with Crippen LogP contribution in [0.3, 0.4) is 0 Å². The van der Waals surface area contributed by atoms with Crippen molar-refractivity contribution in [3.05, 3.63) is 28.5 Å². The summed E-state index contributed by atoms with van der Waals surface area (Å²) in [5, 5.41) is 0.0406. The molecular weight excluding hydrogens is 440 g/mol. The van der Waals surface area contributed by atoms with Crippen LogP contribution in [-0.4, -0.2) is 32.1 Å². The minimum absolute atomic E-state index is 0.0406. The zero-order valence-corrected chi connectivity index (χ0v) is 19.1. The summed E-state index contributed by atoms with van der Waals surface area (Å²) in [5.74, 6) is -0.699. The van der Waals surface area contributed by atoms with Gasteiger partial charge >= 0.3 is 0 Å². The topological polar surface area (TPSA) is 72.5 Å². The van der Waals surface area contributed by atoms with Crippen molar-refractivity contribution in [1.29, 1.82) is 0 Å². The van der Waals surface area contributed by atoms with E-state index in [9.17, 15) is 17.6 Å². The van der Waals surface area contributed by atoms with Crippen molar-refractivity contribution in [3.63, 3.8) is 0 Å². The number of nitrogens with one attached hydrogen (secondary N) is 1. The Bertz CT molecular complexity index is 921. The normalized spacial score (nSPS) is 31.9. The number of hydrogen-bond donors (Lipinski definition) is 1. The first-order valence-corrected chi connectivity index (χ1v) is 12.3. The highest BCUT2D eigenvalue weighted by Gasteiger charge is 2.49. The standard InChI is InChI=1S/C20H26Cl2FNO4S/c1-12-4-13-8-19(2,10-20(22,7-12)9-13)11-28-17-6-16(23)14(5-15(17)21)18(25)24-29(3,26)27/h5-6,12-13H,4,7-11H2,1-3H3,(H,24,25). The van der Waals surface area contributed by atoms with E-state index in [1.807, 2.05) is 0 Å². The molecule has 2 aliphatic rings. The summed E-state index contributed by atoms with van der Waals surface area (Å²) in [7, 11) is -3.81.